The first-order valence-corrected chi connectivity index (χ1v) is 5.61. The van der Waals surface area contributed by atoms with Crippen molar-refractivity contribution in [3.8, 4) is 11.5 Å². The summed E-state index contributed by atoms with van der Waals surface area (Å²) in [6.45, 7) is 0. The number of phenolic OH excluding ortho intramolecular Hbond substituents is 1. The van der Waals surface area contributed by atoms with E-state index in [1.54, 1.807) is 35.1 Å². The van der Waals surface area contributed by atoms with Crippen LogP contribution in [0.25, 0.3) is 21.9 Å². The molecule has 3 rings (SSSR count). The molecule has 3 nitrogen and oxygen atoms in total. The lowest BCUT2D eigenvalue weighted by molar-refractivity contribution is 0.480. The third-order valence-electron chi connectivity index (χ3n) is 2.55. The molecular formula is C12H7IO3. The van der Waals surface area contributed by atoms with Gasteiger partial charge in [0.15, 0.2) is 34.3 Å². The van der Waals surface area contributed by atoms with Crippen molar-refractivity contribution in [3.05, 3.63) is 36.4 Å². The molecule has 2 aromatic carbocycles. The van der Waals surface area contributed by atoms with Crippen molar-refractivity contribution >= 4 is 44.9 Å². The van der Waals surface area contributed by atoms with Gasteiger partial charge in [0.1, 0.15) is 11.3 Å². The quantitative estimate of drug-likeness (QED) is 0.687. The third kappa shape index (κ3) is 1.26. The van der Waals surface area contributed by atoms with Crippen LogP contribution in [0, 0.1) is 0 Å². The molecular weight excluding hydrogens is 319 g/mol. The number of benzene rings is 2. The highest BCUT2D eigenvalue weighted by molar-refractivity contribution is 14.1. The van der Waals surface area contributed by atoms with Gasteiger partial charge < -0.3 is 12.6 Å². The van der Waals surface area contributed by atoms with Crippen LogP contribution in [0.15, 0.2) is 40.8 Å². The minimum atomic E-state index is 0.206. The summed E-state index contributed by atoms with van der Waals surface area (Å²) in [6, 6.07) is 10.9. The smallest absolute Gasteiger partial charge is 0.192 e. The molecule has 1 aromatic heterocycles. The molecule has 0 fully saturated rings. The lowest BCUT2D eigenvalue weighted by atomic mass is 10.1. The van der Waals surface area contributed by atoms with Gasteiger partial charge in [0.05, 0.1) is 5.39 Å². The molecule has 0 aliphatic carbocycles. The van der Waals surface area contributed by atoms with Gasteiger partial charge in [-0.1, -0.05) is 18.2 Å². The highest BCUT2D eigenvalue weighted by Crippen LogP contribution is 2.40. The zero-order valence-corrected chi connectivity index (χ0v) is 10.3. The van der Waals surface area contributed by atoms with Gasteiger partial charge >= 0.3 is 0 Å². The predicted octanol–water partition coefficient (Wildman–Crippen LogP) is 4.02. The van der Waals surface area contributed by atoms with Crippen molar-refractivity contribution in [1.29, 1.82) is 0 Å². The van der Waals surface area contributed by atoms with Gasteiger partial charge in [0, 0.05) is 5.39 Å². The summed E-state index contributed by atoms with van der Waals surface area (Å²) in [6.07, 6.45) is 0. The van der Waals surface area contributed by atoms with E-state index in [0.717, 1.165) is 11.0 Å². The SMILES string of the molecule is Oc1ccc(OI)c2oc3ccccc3c12. The Balaban J connectivity index is 2.58. The van der Waals surface area contributed by atoms with E-state index in [0.29, 0.717) is 16.7 Å². The summed E-state index contributed by atoms with van der Waals surface area (Å²) in [5.74, 6) is 0.821. The first-order chi connectivity index (χ1) is 7.81. The van der Waals surface area contributed by atoms with Gasteiger partial charge in [-0.2, -0.15) is 0 Å². The predicted molar refractivity (Wildman–Crippen MR) is 70.0 cm³/mol. The zero-order chi connectivity index (χ0) is 11.1. The summed E-state index contributed by atoms with van der Waals surface area (Å²) in [5, 5.41) is 11.5. The Morgan fingerprint density at radius 3 is 2.75 bits per heavy atom. The van der Waals surface area contributed by atoms with Crippen molar-refractivity contribution in [2.45, 2.75) is 0 Å². The van der Waals surface area contributed by atoms with Crippen LogP contribution in [0.2, 0.25) is 0 Å². The van der Waals surface area contributed by atoms with E-state index in [-0.39, 0.29) is 5.75 Å². The van der Waals surface area contributed by atoms with Crippen molar-refractivity contribution in [1.82, 2.24) is 0 Å². The topological polar surface area (TPSA) is 42.6 Å². The molecule has 0 saturated heterocycles. The number of para-hydroxylation sites is 1. The average molecular weight is 326 g/mol. The Hall–Kier alpha value is -1.43. The number of hydrogen-bond donors (Lipinski definition) is 1. The summed E-state index contributed by atoms with van der Waals surface area (Å²) < 4.78 is 10.8. The zero-order valence-electron chi connectivity index (χ0n) is 8.11. The van der Waals surface area contributed by atoms with Crippen LogP contribution in [0.3, 0.4) is 0 Å². The Kier molecular flexibility index (Phi) is 2.17. The molecule has 1 N–H and O–H groups in total. The molecule has 0 aliphatic rings. The van der Waals surface area contributed by atoms with Gasteiger partial charge in [-0.05, 0) is 18.2 Å². The molecule has 0 aliphatic heterocycles. The van der Waals surface area contributed by atoms with E-state index < -0.39 is 0 Å². The van der Waals surface area contributed by atoms with Crippen LogP contribution in [0.5, 0.6) is 11.5 Å². The van der Waals surface area contributed by atoms with Crippen molar-refractivity contribution < 1.29 is 12.6 Å². The van der Waals surface area contributed by atoms with Gasteiger partial charge in [0.2, 0.25) is 0 Å². The van der Waals surface area contributed by atoms with Gasteiger partial charge in [-0.25, -0.2) is 0 Å². The number of phenols is 1. The van der Waals surface area contributed by atoms with Crippen LogP contribution in [0.4, 0.5) is 0 Å². The molecule has 3 aromatic rings. The molecule has 80 valence electrons. The van der Waals surface area contributed by atoms with Crippen molar-refractivity contribution in [2.24, 2.45) is 0 Å². The Bertz CT molecular complexity index is 672. The van der Waals surface area contributed by atoms with E-state index in [1.165, 1.54) is 0 Å². The molecule has 0 unspecified atom stereocenters. The largest absolute Gasteiger partial charge is 0.507 e. The van der Waals surface area contributed by atoms with E-state index in [2.05, 4.69) is 0 Å². The minimum absolute atomic E-state index is 0.206. The molecule has 1 heterocycles. The molecule has 0 saturated carbocycles. The van der Waals surface area contributed by atoms with Crippen LogP contribution in [-0.4, -0.2) is 5.11 Å². The molecule has 0 radical (unpaired) electrons. The van der Waals surface area contributed by atoms with Crippen molar-refractivity contribution in [2.75, 3.05) is 0 Å². The maximum atomic E-state index is 9.86. The minimum Gasteiger partial charge on any atom is -0.507 e. The molecule has 16 heavy (non-hydrogen) atoms. The molecule has 4 heteroatoms. The fourth-order valence-electron chi connectivity index (χ4n) is 1.85. The normalized spacial score (nSPS) is 11.1. The standard InChI is InChI=1S/C12H7IO3/c13-16-10-6-5-8(14)11-7-3-1-2-4-9(7)15-12(10)11/h1-6,14H. The fourth-order valence-corrected chi connectivity index (χ4v) is 2.19. The summed E-state index contributed by atoms with van der Waals surface area (Å²) in [7, 11) is 0. The maximum Gasteiger partial charge on any atom is 0.192 e. The van der Waals surface area contributed by atoms with Crippen LogP contribution < -0.4 is 3.07 Å². The molecule has 0 atom stereocenters. The lowest BCUT2D eigenvalue weighted by Crippen LogP contribution is -1.75. The van der Waals surface area contributed by atoms with E-state index >= 15 is 0 Å². The highest BCUT2D eigenvalue weighted by atomic mass is 127. The van der Waals surface area contributed by atoms with Crippen LogP contribution in [0.1, 0.15) is 0 Å². The first-order valence-electron chi connectivity index (χ1n) is 4.73. The summed E-state index contributed by atoms with van der Waals surface area (Å²) in [5.41, 5.74) is 1.32. The second-order valence-corrected chi connectivity index (χ2v) is 3.90. The second-order valence-electron chi connectivity index (χ2n) is 3.46. The monoisotopic (exact) mass is 326 g/mol. The second kappa shape index (κ2) is 3.55. The Morgan fingerprint density at radius 1 is 1.12 bits per heavy atom. The van der Waals surface area contributed by atoms with Gasteiger partial charge in [0.25, 0.3) is 0 Å². The molecule has 0 spiro atoms. The van der Waals surface area contributed by atoms with Gasteiger partial charge in [-0.3, -0.25) is 0 Å². The van der Waals surface area contributed by atoms with Crippen molar-refractivity contribution in [3.63, 3.8) is 0 Å². The number of aromatic hydroxyl groups is 1. The highest BCUT2D eigenvalue weighted by Gasteiger charge is 2.14. The number of fused-ring (bicyclic) bond motifs is 3. The Labute approximate surface area is 105 Å². The van der Waals surface area contributed by atoms with Crippen LogP contribution in [-0.2, 0) is 0 Å². The number of furan rings is 1. The summed E-state index contributed by atoms with van der Waals surface area (Å²) >= 11 is 1.80. The van der Waals surface area contributed by atoms with E-state index in [9.17, 15) is 5.11 Å². The van der Waals surface area contributed by atoms with Crippen LogP contribution >= 0.6 is 23.0 Å². The third-order valence-corrected chi connectivity index (χ3v) is 3.03. The Morgan fingerprint density at radius 2 is 1.94 bits per heavy atom. The lowest BCUT2D eigenvalue weighted by Gasteiger charge is -1.99. The van der Waals surface area contributed by atoms with Gasteiger partial charge in [-0.15, -0.1) is 0 Å². The summed E-state index contributed by atoms with van der Waals surface area (Å²) in [4.78, 5) is 0. The number of rotatable bonds is 1. The number of hydrogen-bond acceptors (Lipinski definition) is 3. The van der Waals surface area contributed by atoms with E-state index in [4.69, 9.17) is 7.48 Å². The first kappa shape index (κ1) is 9.77. The molecule has 0 bridgehead atoms. The molecule has 0 amide bonds. The fraction of sp³-hybridized carbons (Fsp3) is 0. The number of halogens is 1. The van der Waals surface area contributed by atoms with E-state index in [1.807, 2.05) is 24.3 Å². The average Bonchev–Trinajstić information content (AvgIpc) is 2.69. The maximum absolute atomic E-state index is 9.86.